The highest BCUT2D eigenvalue weighted by Crippen LogP contribution is 2.32. The minimum atomic E-state index is -0.188. The fourth-order valence-electron chi connectivity index (χ4n) is 1.84. The Labute approximate surface area is 111 Å². The third kappa shape index (κ3) is 3.04. The van der Waals surface area contributed by atoms with Gasteiger partial charge in [0.25, 0.3) is 0 Å². The third-order valence-corrected chi connectivity index (χ3v) is 2.78. The monoisotopic (exact) mass is 257 g/mol. The van der Waals surface area contributed by atoms with E-state index in [4.69, 9.17) is 0 Å². The van der Waals surface area contributed by atoms with Gasteiger partial charge in [-0.3, -0.25) is 4.99 Å². The molecular weight excluding hydrogens is 242 g/mol. The number of aromatic hydroxyl groups is 3. The van der Waals surface area contributed by atoms with Crippen LogP contribution in [0.2, 0.25) is 0 Å². The van der Waals surface area contributed by atoms with Gasteiger partial charge >= 0.3 is 0 Å². The van der Waals surface area contributed by atoms with E-state index in [9.17, 15) is 15.3 Å². The van der Waals surface area contributed by atoms with Gasteiger partial charge in [0.1, 0.15) is 17.2 Å². The van der Waals surface area contributed by atoms with Gasteiger partial charge in [0.2, 0.25) is 0 Å². The van der Waals surface area contributed by atoms with Crippen LogP contribution in [0.15, 0.2) is 47.5 Å². The second-order valence-corrected chi connectivity index (χ2v) is 4.25. The van der Waals surface area contributed by atoms with Gasteiger partial charge in [-0.25, -0.2) is 0 Å². The maximum Gasteiger partial charge on any atom is 0.132 e. The standard InChI is InChI=1S/C15H15NO3/c1-10(16-9-11-5-3-2-4-6-11)15-13(18)7-12(17)8-14(15)19/h2-8,17-19H,9H2,1H3. The van der Waals surface area contributed by atoms with Crippen LogP contribution in [0.3, 0.4) is 0 Å². The maximum atomic E-state index is 9.74. The van der Waals surface area contributed by atoms with Crippen LogP contribution in [0, 0.1) is 0 Å². The van der Waals surface area contributed by atoms with Crippen LogP contribution in [0.25, 0.3) is 0 Å². The molecule has 0 unspecified atom stereocenters. The number of phenolic OH excluding ortho intramolecular Hbond substituents is 3. The molecule has 0 fully saturated rings. The molecule has 2 aromatic carbocycles. The van der Waals surface area contributed by atoms with Crippen LogP contribution in [0.5, 0.6) is 17.2 Å². The number of nitrogens with zero attached hydrogens (tertiary/aromatic N) is 1. The van der Waals surface area contributed by atoms with Crippen LogP contribution >= 0.6 is 0 Å². The van der Waals surface area contributed by atoms with Gasteiger partial charge in [-0.2, -0.15) is 0 Å². The molecule has 0 saturated carbocycles. The fraction of sp³-hybridized carbons (Fsp3) is 0.133. The predicted octanol–water partition coefficient (Wildman–Crippen LogP) is 2.81. The molecule has 98 valence electrons. The van der Waals surface area contributed by atoms with Crippen LogP contribution in [0.1, 0.15) is 18.1 Å². The normalized spacial score (nSPS) is 11.5. The summed E-state index contributed by atoms with van der Waals surface area (Å²) < 4.78 is 0. The summed E-state index contributed by atoms with van der Waals surface area (Å²) in [6.45, 7) is 2.17. The van der Waals surface area contributed by atoms with Crippen molar-refractivity contribution in [2.24, 2.45) is 4.99 Å². The molecule has 0 atom stereocenters. The lowest BCUT2D eigenvalue weighted by molar-refractivity contribution is 0.426. The molecule has 0 amide bonds. The second kappa shape index (κ2) is 5.44. The van der Waals surface area contributed by atoms with Crippen molar-refractivity contribution in [3.63, 3.8) is 0 Å². The van der Waals surface area contributed by atoms with Crippen molar-refractivity contribution >= 4 is 5.71 Å². The number of rotatable bonds is 3. The minimum Gasteiger partial charge on any atom is -0.508 e. The summed E-state index contributed by atoms with van der Waals surface area (Å²) in [5.41, 5.74) is 1.80. The molecule has 2 aromatic rings. The van der Waals surface area contributed by atoms with E-state index in [1.807, 2.05) is 30.3 Å². The van der Waals surface area contributed by atoms with Gasteiger partial charge in [-0.05, 0) is 12.5 Å². The van der Waals surface area contributed by atoms with Crippen molar-refractivity contribution in [1.82, 2.24) is 0 Å². The molecule has 19 heavy (non-hydrogen) atoms. The van der Waals surface area contributed by atoms with Gasteiger partial charge in [0.15, 0.2) is 0 Å². The highest BCUT2D eigenvalue weighted by Gasteiger charge is 2.12. The van der Waals surface area contributed by atoms with Crippen molar-refractivity contribution in [3.8, 4) is 17.2 Å². The van der Waals surface area contributed by atoms with E-state index in [2.05, 4.69) is 4.99 Å². The highest BCUT2D eigenvalue weighted by atomic mass is 16.3. The smallest absolute Gasteiger partial charge is 0.132 e. The lowest BCUT2D eigenvalue weighted by Crippen LogP contribution is -1.97. The molecule has 0 aromatic heterocycles. The molecule has 3 N–H and O–H groups in total. The first-order valence-corrected chi connectivity index (χ1v) is 5.88. The quantitative estimate of drug-likeness (QED) is 0.740. The Kier molecular flexibility index (Phi) is 3.71. The Morgan fingerprint density at radius 1 is 1.00 bits per heavy atom. The first-order chi connectivity index (χ1) is 9.08. The Hall–Kier alpha value is -2.49. The summed E-state index contributed by atoms with van der Waals surface area (Å²) in [6, 6.07) is 12.0. The molecule has 4 nitrogen and oxygen atoms in total. The summed E-state index contributed by atoms with van der Waals surface area (Å²) in [4.78, 5) is 4.33. The SMILES string of the molecule is CC(=NCc1ccccc1)c1c(O)cc(O)cc1O. The van der Waals surface area contributed by atoms with Crippen molar-refractivity contribution in [2.75, 3.05) is 0 Å². The molecule has 0 spiro atoms. The number of hydrogen-bond donors (Lipinski definition) is 3. The Bertz CT molecular complexity index is 583. The van der Waals surface area contributed by atoms with E-state index in [-0.39, 0.29) is 22.8 Å². The van der Waals surface area contributed by atoms with Gasteiger partial charge < -0.3 is 15.3 Å². The zero-order valence-electron chi connectivity index (χ0n) is 10.5. The topological polar surface area (TPSA) is 73.1 Å². The average Bonchev–Trinajstić information content (AvgIpc) is 2.36. The average molecular weight is 257 g/mol. The van der Waals surface area contributed by atoms with E-state index in [1.165, 1.54) is 12.1 Å². The number of hydrogen-bond acceptors (Lipinski definition) is 4. The molecule has 4 heteroatoms. The second-order valence-electron chi connectivity index (χ2n) is 4.25. The molecule has 2 rings (SSSR count). The van der Waals surface area contributed by atoms with Crippen molar-refractivity contribution in [1.29, 1.82) is 0 Å². The van der Waals surface area contributed by atoms with Crippen LogP contribution in [0.4, 0.5) is 0 Å². The first-order valence-electron chi connectivity index (χ1n) is 5.88. The summed E-state index contributed by atoms with van der Waals surface area (Å²) in [5, 5.41) is 28.7. The number of phenols is 3. The van der Waals surface area contributed by atoms with Gasteiger partial charge in [0, 0.05) is 17.8 Å². The zero-order chi connectivity index (χ0) is 13.8. The van der Waals surface area contributed by atoms with E-state index in [0.29, 0.717) is 12.3 Å². The van der Waals surface area contributed by atoms with Gasteiger partial charge in [0.05, 0.1) is 12.1 Å². The lowest BCUT2D eigenvalue weighted by atomic mass is 10.1. The zero-order valence-corrected chi connectivity index (χ0v) is 10.5. The first kappa shape index (κ1) is 13.0. The van der Waals surface area contributed by atoms with E-state index in [0.717, 1.165) is 5.56 Å². The largest absolute Gasteiger partial charge is 0.508 e. The fourth-order valence-corrected chi connectivity index (χ4v) is 1.84. The van der Waals surface area contributed by atoms with Gasteiger partial charge in [-0.1, -0.05) is 30.3 Å². The van der Waals surface area contributed by atoms with Crippen molar-refractivity contribution in [2.45, 2.75) is 13.5 Å². The molecule has 0 aliphatic rings. The Morgan fingerprint density at radius 3 is 2.16 bits per heavy atom. The Balaban J connectivity index is 2.27. The summed E-state index contributed by atoms with van der Waals surface area (Å²) in [5.74, 6) is -0.562. The molecule has 0 radical (unpaired) electrons. The van der Waals surface area contributed by atoms with Gasteiger partial charge in [-0.15, -0.1) is 0 Å². The molecule has 0 saturated heterocycles. The summed E-state index contributed by atoms with van der Waals surface area (Å²) >= 11 is 0. The van der Waals surface area contributed by atoms with E-state index in [1.54, 1.807) is 6.92 Å². The summed E-state index contributed by atoms with van der Waals surface area (Å²) in [6.07, 6.45) is 0. The molecular formula is C15H15NO3. The van der Waals surface area contributed by atoms with E-state index < -0.39 is 0 Å². The van der Waals surface area contributed by atoms with Crippen LogP contribution < -0.4 is 0 Å². The molecule has 0 bridgehead atoms. The lowest BCUT2D eigenvalue weighted by Gasteiger charge is -2.08. The number of aliphatic imine (C=N–C) groups is 1. The Morgan fingerprint density at radius 2 is 1.58 bits per heavy atom. The van der Waals surface area contributed by atoms with Crippen LogP contribution in [-0.2, 0) is 6.54 Å². The number of benzene rings is 2. The predicted molar refractivity (Wildman–Crippen MR) is 73.8 cm³/mol. The van der Waals surface area contributed by atoms with Crippen molar-refractivity contribution < 1.29 is 15.3 Å². The maximum absolute atomic E-state index is 9.74. The third-order valence-electron chi connectivity index (χ3n) is 2.78. The summed E-state index contributed by atoms with van der Waals surface area (Å²) in [7, 11) is 0. The highest BCUT2D eigenvalue weighted by molar-refractivity contribution is 6.03. The molecule has 0 aliphatic heterocycles. The molecule has 0 heterocycles. The van der Waals surface area contributed by atoms with Crippen LogP contribution in [-0.4, -0.2) is 21.0 Å². The molecule has 0 aliphatic carbocycles. The van der Waals surface area contributed by atoms with E-state index >= 15 is 0 Å². The van der Waals surface area contributed by atoms with Crippen molar-refractivity contribution in [3.05, 3.63) is 53.6 Å². The minimum absolute atomic E-state index is 0.186.